The van der Waals surface area contributed by atoms with Crippen LogP contribution in [-0.4, -0.2) is 22.0 Å². The Morgan fingerprint density at radius 2 is 2.04 bits per heavy atom. The summed E-state index contributed by atoms with van der Waals surface area (Å²) in [5, 5.41) is 5.42. The van der Waals surface area contributed by atoms with Gasteiger partial charge in [0.15, 0.2) is 0 Å². The molecule has 0 saturated carbocycles. The van der Waals surface area contributed by atoms with E-state index in [0.29, 0.717) is 22.7 Å². The molecule has 0 aliphatic carbocycles. The van der Waals surface area contributed by atoms with Crippen molar-refractivity contribution in [3.05, 3.63) is 51.4 Å². The van der Waals surface area contributed by atoms with Crippen molar-refractivity contribution >= 4 is 27.5 Å². The van der Waals surface area contributed by atoms with Crippen molar-refractivity contribution in [3.63, 3.8) is 0 Å². The first-order chi connectivity index (χ1) is 12.9. The highest BCUT2D eigenvalue weighted by molar-refractivity contribution is 7.17. The second kappa shape index (κ2) is 8.05. The van der Waals surface area contributed by atoms with Gasteiger partial charge in [0.25, 0.3) is 5.56 Å². The quantitative estimate of drug-likeness (QED) is 0.702. The molecule has 2 heterocycles. The summed E-state index contributed by atoms with van der Waals surface area (Å²) < 4.78 is 1.39. The third kappa shape index (κ3) is 4.27. The summed E-state index contributed by atoms with van der Waals surface area (Å²) in [6.07, 6.45) is 2.38. The van der Waals surface area contributed by atoms with E-state index in [1.807, 2.05) is 11.4 Å². The van der Waals surface area contributed by atoms with E-state index in [2.05, 4.69) is 50.1 Å². The Hall–Kier alpha value is -2.47. The summed E-state index contributed by atoms with van der Waals surface area (Å²) in [5.41, 5.74) is 4.11. The molecular formula is C21H25N3O2S. The topological polar surface area (TPSA) is 64.0 Å². The number of carbonyl (C=O) groups excluding carboxylic acids is 1. The van der Waals surface area contributed by atoms with Crippen molar-refractivity contribution < 1.29 is 4.79 Å². The largest absolute Gasteiger partial charge is 0.355 e. The molecule has 1 aromatic carbocycles. The molecular weight excluding hydrogens is 358 g/mol. The molecule has 0 unspecified atom stereocenters. The van der Waals surface area contributed by atoms with Gasteiger partial charge in [-0.2, -0.15) is 0 Å². The molecule has 3 rings (SSSR count). The fourth-order valence-corrected chi connectivity index (χ4v) is 3.82. The molecule has 0 saturated heterocycles. The monoisotopic (exact) mass is 383 g/mol. The van der Waals surface area contributed by atoms with Gasteiger partial charge in [-0.25, -0.2) is 4.98 Å². The summed E-state index contributed by atoms with van der Waals surface area (Å²) in [6.45, 7) is 8.96. The van der Waals surface area contributed by atoms with Gasteiger partial charge < -0.3 is 5.32 Å². The smallest absolute Gasteiger partial charge is 0.263 e. The molecule has 0 aliphatic rings. The van der Waals surface area contributed by atoms with Crippen molar-refractivity contribution in [1.82, 2.24) is 14.9 Å². The zero-order valence-electron chi connectivity index (χ0n) is 16.2. The van der Waals surface area contributed by atoms with Gasteiger partial charge >= 0.3 is 0 Å². The van der Waals surface area contributed by atoms with Gasteiger partial charge in [0.2, 0.25) is 5.91 Å². The van der Waals surface area contributed by atoms with E-state index in [-0.39, 0.29) is 18.0 Å². The minimum atomic E-state index is -0.173. The first-order valence-electron chi connectivity index (χ1n) is 9.17. The Bertz CT molecular complexity index is 1030. The highest BCUT2D eigenvalue weighted by atomic mass is 32.1. The standard InChI is InChI=1S/C21H25N3O2S/c1-13(2)7-8-22-18(25)10-24-12-23-20-19(21(24)26)17(11-27-20)16-6-5-14(3)15(4)9-16/h5-6,9,11-13H,7-8,10H2,1-4H3,(H,22,25). The zero-order chi connectivity index (χ0) is 19.6. The first kappa shape index (κ1) is 19.3. The molecule has 6 heteroatoms. The zero-order valence-corrected chi connectivity index (χ0v) is 17.0. The van der Waals surface area contributed by atoms with Crippen molar-refractivity contribution in [3.8, 4) is 11.1 Å². The maximum Gasteiger partial charge on any atom is 0.263 e. The Morgan fingerprint density at radius 1 is 1.26 bits per heavy atom. The van der Waals surface area contributed by atoms with E-state index in [1.54, 1.807) is 0 Å². The predicted molar refractivity (Wildman–Crippen MR) is 111 cm³/mol. The molecule has 0 fully saturated rings. The summed E-state index contributed by atoms with van der Waals surface area (Å²) in [4.78, 5) is 30.3. The molecule has 3 aromatic rings. The van der Waals surface area contributed by atoms with Gasteiger partial charge in [-0.05, 0) is 42.9 Å². The van der Waals surface area contributed by atoms with E-state index in [0.717, 1.165) is 17.5 Å². The van der Waals surface area contributed by atoms with Gasteiger partial charge in [-0.1, -0.05) is 32.0 Å². The fraction of sp³-hybridized carbons (Fsp3) is 0.381. The maximum atomic E-state index is 13.0. The third-order valence-electron chi connectivity index (χ3n) is 4.74. The van der Waals surface area contributed by atoms with E-state index >= 15 is 0 Å². The minimum Gasteiger partial charge on any atom is -0.355 e. The maximum absolute atomic E-state index is 13.0. The third-order valence-corrected chi connectivity index (χ3v) is 5.62. The van der Waals surface area contributed by atoms with Crippen LogP contribution >= 0.6 is 11.3 Å². The molecule has 27 heavy (non-hydrogen) atoms. The molecule has 5 nitrogen and oxygen atoms in total. The number of carbonyl (C=O) groups is 1. The number of benzene rings is 1. The normalized spacial score (nSPS) is 11.3. The van der Waals surface area contributed by atoms with Gasteiger partial charge in [0.1, 0.15) is 11.4 Å². The van der Waals surface area contributed by atoms with Gasteiger partial charge in [-0.15, -0.1) is 11.3 Å². The molecule has 0 atom stereocenters. The number of amides is 1. The van der Waals surface area contributed by atoms with Crippen LogP contribution in [-0.2, 0) is 11.3 Å². The van der Waals surface area contributed by atoms with Crippen molar-refractivity contribution in [2.24, 2.45) is 5.92 Å². The minimum absolute atomic E-state index is 0.0118. The lowest BCUT2D eigenvalue weighted by Crippen LogP contribution is -2.33. The van der Waals surface area contributed by atoms with Crippen LogP contribution in [0.2, 0.25) is 0 Å². The molecule has 0 radical (unpaired) electrons. The predicted octanol–water partition coefficient (Wildman–Crippen LogP) is 3.90. The van der Waals surface area contributed by atoms with Crippen LogP contribution in [0.4, 0.5) is 0 Å². The number of nitrogens with one attached hydrogen (secondary N) is 1. The molecule has 1 amide bonds. The Kier molecular flexibility index (Phi) is 5.75. The van der Waals surface area contributed by atoms with E-state index in [1.165, 1.54) is 33.4 Å². The van der Waals surface area contributed by atoms with Crippen molar-refractivity contribution in [1.29, 1.82) is 0 Å². The van der Waals surface area contributed by atoms with Crippen LogP contribution in [0.15, 0.2) is 34.7 Å². The number of aryl methyl sites for hydroxylation is 2. The van der Waals surface area contributed by atoms with Crippen molar-refractivity contribution in [2.75, 3.05) is 6.54 Å². The number of thiophene rings is 1. The van der Waals surface area contributed by atoms with Gasteiger partial charge in [-0.3, -0.25) is 14.2 Å². The second-order valence-corrected chi connectivity index (χ2v) is 8.20. The Labute approximate surface area is 163 Å². The summed E-state index contributed by atoms with van der Waals surface area (Å²) >= 11 is 1.45. The Morgan fingerprint density at radius 3 is 2.74 bits per heavy atom. The number of fused-ring (bicyclic) bond motifs is 1. The average Bonchev–Trinajstić information content (AvgIpc) is 3.04. The number of aromatic nitrogens is 2. The number of nitrogens with zero attached hydrogens (tertiary/aromatic N) is 2. The van der Waals surface area contributed by atoms with Gasteiger partial charge in [0, 0.05) is 17.5 Å². The molecule has 0 bridgehead atoms. The number of hydrogen-bond acceptors (Lipinski definition) is 4. The van der Waals surface area contributed by atoms with E-state index < -0.39 is 0 Å². The molecule has 0 aliphatic heterocycles. The molecule has 2 aromatic heterocycles. The lowest BCUT2D eigenvalue weighted by atomic mass is 10.0. The Balaban J connectivity index is 1.91. The average molecular weight is 384 g/mol. The number of rotatable bonds is 6. The van der Waals surface area contributed by atoms with Gasteiger partial charge in [0.05, 0.1) is 11.7 Å². The summed E-state index contributed by atoms with van der Waals surface area (Å²) in [6, 6.07) is 6.18. The second-order valence-electron chi connectivity index (χ2n) is 7.34. The van der Waals surface area contributed by atoms with E-state index in [9.17, 15) is 9.59 Å². The van der Waals surface area contributed by atoms with Crippen molar-refractivity contribution in [2.45, 2.75) is 40.7 Å². The van der Waals surface area contributed by atoms with Crippen LogP contribution in [0.5, 0.6) is 0 Å². The lowest BCUT2D eigenvalue weighted by molar-refractivity contribution is -0.121. The molecule has 1 N–H and O–H groups in total. The van der Waals surface area contributed by atoms with E-state index in [4.69, 9.17) is 0 Å². The summed E-state index contributed by atoms with van der Waals surface area (Å²) in [7, 11) is 0. The lowest BCUT2D eigenvalue weighted by Gasteiger charge is -2.09. The summed E-state index contributed by atoms with van der Waals surface area (Å²) in [5.74, 6) is 0.360. The molecule has 0 spiro atoms. The highest BCUT2D eigenvalue weighted by Crippen LogP contribution is 2.31. The SMILES string of the molecule is Cc1ccc(-c2csc3ncn(CC(=O)NCCC(C)C)c(=O)c23)cc1C. The fourth-order valence-electron chi connectivity index (χ4n) is 2.91. The van der Waals surface area contributed by atoms with Crippen LogP contribution in [0.25, 0.3) is 21.3 Å². The van der Waals surface area contributed by atoms with Crippen LogP contribution in [0, 0.1) is 19.8 Å². The first-order valence-corrected chi connectivity index (χ1v) is 10.1. The highest BCUT2D eigenvalue weighted by Gasteiger charge is 2.15. The van der Waals surface area contributed by atoms with Crippen LogP contribution < -0.4 is 10.9 Å². The molecule has 142 valence electrons. The van der Waals surface area contributed by atoms with Crippen LogP contribution in [0.3, 0.4) is 0 Å². The van der Waals surface area contributed by atoms with Crippen LogP contribution in [0.1, 0.15) is 31.4 Å². The number of hydrogen-bond donors (Lipinski definition) is 1.